The second kappa shape index (κ2) is 9.32. The van der Waals surface area contributed by atoms with Crippen LogP contribution in [0.1, 0.15) is 31.4 Å². The Kier molecular flexibility index (Phi) is 8.06. The predicted molar refractivity (Wildman–Crippen MR) is 109 cm³/mol. The van der Waals surface area contributed by atoms with Crippen LogP contribution in [0.2, 0.25) is 0 Å². The fourth-order valence-electron chi connectivity index (χ4n) is 3.36. The van der Waals surface area contributed by atoms with Crippen molar-refractivity contribution in [1.29, 1.82) is 0 Å². The van der Waals surface area contributed by atoms with Crippen LogP contribution in [-0.4, -0.2) is 36.6 Å². The van der Waals surface area contributed by atoms with Gasteiger partial charge < -0.3 is 15.0 Å². The largest absolute Gasteiger partial charge is 0.496 e. The Bertz CT molecular complexity index is 773. The summed E-state index contributed by atoms with van der Waals surface area (Å²) in [7, 11) is 1.69. The highest BCUT2D eigenvalue weighted by Crippen LogP contribution is 2.35. The molecule has 0 bridgehead atoms. The maximum atomic E-state index is 12.4. The number of aromatic nitrogens is 1. The van der Waals surface area contributed by atoms with Crippen LogP contribution in [0.3, 0.4) is 0 Å². The lowest BCUT2D eigenvalue weighted by Gasteiger charge is -2.22. The van der Waals surface area contributed by atoms with Crippen molar-refractivity contribution in [2.24, 2.45) is 0 Å². The number of anilines is 1. The Morgan fingerprint density at radius 1 is 1.20 bits per heavy atom. The number of fused-ring (bicyclic) bond motifs is 3. The summed E-state index contributed by atoms with van der Waals surface area (Å²) in [5.74, 6) is 0.826. The topological polar surface area (TPSA) is 57.4 Å². The third-order valence-electron chi connectivity index (χ3n) is 4.66. The second-order valence-electron chi connectivity index (χ2n) is 6.02. The Hall–Kier alpha value is -1.43. The van der Waals surface area contributed by atoms with E-state index in [-0.39, 0.29) is 30.4 Å². The highest BCUT2D eigenvalue weighted by molar-refractivity contribution is 5.98. The molecule has 2 aromatic rings. The van der Waals surface area contributed by atoms with Gasteiger partial charge in [-0.1, -0.05) is 13.8 Å². The zero-order chi connectivity index (χ0) is 16.4. The normalized spacial score (nSPS) is 12.8. The zero-order valence-electron chi connectivity index (χ0n) is 15.0. The number of hydrogen-bond donors (Lipinski definition) is 2. The smallest absolute Gasteiger partial charge is 0.253 e. The fourth-order valence-corrected chi connectivity index (χ4v) is 3.36. The van der Waals surface area contributed by atoms with Gasteiger partial charge >= 0.3 is 0 Å². The molecule has 0 unspecified atom stereocenters. The average molecular weight is 388 g/mol. The second-order valence-corrected chi connectivity index (χ2v) is 6.02. The molecule has 1 aliphatic heterocycles. The van der Waals surface area contributed by atoms with Crippen molar-refractivity contribution < 1.29 is 4.74 Å². The van der Waals surface area contributed by atoms with Crippen LogP contribution in [0, 0.1) is 0 Å². The molecule has 0 atom stereocenters. The van der Waals surface area contributed by atoms with Crippen molar-refractivity contribution in [2.75, 3.05) is 32.1 Å². The highest BCUT2D eigenvalue weighted by Gasteiger charge is 2.19. The molecule has 140 valence electrons. The fraction of sp³-hybridized carbons (Fsp3) is 0.500. The number of H-pyrrole nitrogens is 1. The molecule has 25 heavy (non-hydrogen) atoms. The lowest BCUT2D eigenvalue weighted by molar-refractivity contribution is 0.295. The number of benzene rings is 1. The summed E-state index contributed by atoms with van der Waals surface area (Å²) in [6.07, 6.45) is 1.81. The van der Waals surface area contributed by atoms with Crippen molar-refractivity contribution in [2.45, 2.75) is 33.2 Å². The summed E-state index contributed by atoms with van der Waals surface area (Å²) in [6.45, 7) is 8.06. The number of nitrogens with zero attached hydrogens (tertiary/aromatic N) is 1. The number of hydrogen-bond acceptors (Lipinski definition) is 4. The number of methoxy groups -OCH3 is 1. The first kappa shape index (κ1) is 21.6. The van der Waals surface area contributed by atoms with Crippen LogP contribution < -0.4 is 15.6 Å². The van der Waals surface area contributed by atoms with Crippen molar-refractivity contribution in [3.8, 4) is 5.75 Å². The maximum Gasteiger partial charge on any atom is 0.253 e. The molecule has 0 saturated heterocycles. The minimum absolute atomic E-state index is 0. The van der Waals surface area contributed by atoms with E-state index in [0.717, 1.165) is 72.5 Å². The van der Waals surface area contributed by atoms with Crippen LogP contribution >= 0.6 is 24.8 Å². The van der Waals surface area contributed by atoms with E-state index in [9.17, 15) is 4.79 Å². The standard InChI is InChI=1S/C18H25N3O2.2ClH/c1-4-21(5-2)11-12-9-14-16(15(10-12)23-3)17-13(18(22)20-14)7-6-8-19-17;;/h9-10,19H,4-8,11H2,1-3H3,(H,20,22);2*1H. The number of ether oxygens (including phenoxy) is 1. The molecule has 1 aromatic carbocycles. The van der Waals surface area contributed by atoms with Crippen LogP contribution in [0.4, 0.5) is 5.69 Å². The zero-order valence-corrected chi connectivity index (χ0v) is 16.6. The van der Waals surface area contributed by atoms with Gasteiger partial charge in [-0.2, -0.15) is 0 Å². The number of pyridine rings is 1. The number of halogens is 2. The monoisotopic (exact) mass is 387 g/mol. The van der Waals surface area contributed by atoms with Crippen molar-refractivity contribution in [1.82, 2.24) is 9.88 Å². The third-order valence-corrected chi connectivity index (χ3v) is 4.66. The summed E-state index contributed by atoms with van der Waals surface area (Å²) in [6, 6.07) is 4.17. The third kappa shape index (κ3) is 4.22. The minimum atomic E-state index is 0. The van der Waals surface area contributed by atoms with Gasteiger partial charge in [0, 0.05) is 18.7 Å². The Morgan fingerprint density at radius 3 is 2.56 bits per heavy atom. The van der Waals surface area contributed by atoms with E-state index in [2.05, 4.69) is 41.2 Å². The molecule has 0 saturated carbocycles. The van der Waals surface area contributed by atoms with Crippen molar-refractivity contribution >= 4 is 41.4 Å². The molecule has 0 radical (unpaired) electrons. The molecule has 2 heterocycles. The first-order valence-electron chi connectivity index (χ1n) is 8.39. The Labute approximate surface area is 161 Å². The van der Waals surface area contributed by atoms with Gasteiger partial charge in [-0.15, -0.1) is 24.8 Å². The molecular formula is C18H27Cl2N3O2. The Balaban J connectivity index is 0.00000156. The summed E-state index contributed by atoms with van der Waals surface area (Å²) in [5.41, 5.74) is 3.82. The number of rotatable bonds is 5. The summed E-state index contributed by atoms with van der Waals surface area (Å²) in [4.78, 5) is 17.8. The van der Waals surface area contributed by atoms with Crippen molar-refractivity contribution in [3.05, 3.63) is 33.6 Å². The molecule has 1 aromatic heterocycles. The lowest BCUT2D eigenvalue weighted by atomic mass is 9.99. The first-order valence-corrected chi connectivity index (χ1v) is 8.39. The average Bonchev–Trinajstić information content (AvgIpc) is 2.59. The molecule has 0 fully saturated rings. The molecule has 0 aliphatic carbocycles. The first-order chi connectivity index (χ1) is 11.2. The van der Waals surface area contributed by atoms with Crippen LogP contribution in [0.15, 0.2) is 16.9 Å². The Morgan fingerprint density at radius 2 is 1.92 bits per heavy atom. The molecular weight excluding hydrogens is 361 g/mol. The number of nitrogens with one attached hydrogen (secondary N) is 2. The van der Waals surface area contributed by atoms with Gasteiger partial charge in [0.1, 0.15) is 5.75 Å². The van der Waals surface area contributed by atoms with Crippen molar-refractivity contribution in [3.63, 3.8) is 0 Å². The molecule has 1 aliphatic rings. The molecule has 0 amide bonds. The van der Waals surface area contributed by atoms with Crippen LogP contribution in [0.5, 0.6) is 5.75 Å². The highest BCUT2D eigenvalue weighted by atomic mass is 35.5. The molecule has 2 N–H and O–H groups in total. The van der Waals surface area contributed by atoms with E-state index in [0.29, 0.717) is 0 Å². The molecule has 0 spiro atoms. The van der Waals surface area contributed by atoms with Gasteiger partial charge in [0.05, 0.1) is 23.7 Å². The number of aromatic amines is 1. The van der Waals surface area contributed by atoms with Gasteiger partial charge in [0.25, 0.3) is 5.56 Å². The van der Waals surface area contributed by atoms with E-state index in [4.69, 9.17) is 4.74 Å². The van der Waals surface area contributed by atoms with Crippen LogP contribution in [0.25, 0.3) is 10.9 Å². The van der Waals surface area contributed by atoms with E-state index in [1.54, 1.807) is 7.11 Å². The SMILES string of the molecule is CCN(CC)Cc1cc(OC)c2c3c(c(=O)[nH]c2c1)CCCN3.Cl.Cl. The van der Waals surface area contributed by atoms with Crippen LogP contribution in [-0.2, 0) is 13.0 Å². The van der Waals surface area contributed by atoms with Gasteiger partial charge in [-0.05, 0) is 43.6 Å². The van der Waals surface area contributed by atoms with Gasteiger partial charge in [0.15, 0.2) is 0 Å². The summed E-state index contributed by atoms with van der Waals surface area (Å²) in [5, 5.41) is 4.38. The summed E-state index contributed by atoms with van der Waals surface area (Å²) >= 11 is 0. The van der Waals surface area contributed by atoms with E-state index in [1.165, 1.54) is 0 Å². The van der Waals surface area contributed by atoms with E-state index >= 15 is 0 Å². The van der Waals surface area contributed by atoms with E-state index < -0.39 is 0 Å². The molecule has 5 nitrogen and oxygen atoms in total. The predicted octanol–water partition coefficient (Wildman–Crippen LogP) is 3.58. The van der Waals surface area contributed by atoms with Gasteiger partial charge in [-0.3, -0.25) is 9.69 Å². The molecule has 7 heteroatoms. The minimum Gasteiger partial charge on any atom is -0.496 e. The van der Waals surface area contributed by atoms with Gasteiger partial charge in [-0.25, -0.2) is 0 Å². The van der Waals surface area contributed by atoms with Gasteiger partial charge in [0.2, 0.25) is 0 Å². The van der Waals surface area contributed by atoms with E-state index in [1.807, 2.05) is 0 Å². The molecule has 3 rings (SSSR count). The lowest BCUT2D eigenvalue weighted by Crippen LogP contribution is -2.23. The maximum absolute atomic E-state index is 12.4. The summed E-state index contributed by atoms with van der Waals surface area (Å²) < 4.78 is 5.64. The quantitative estimate of drug-likeness (QED) is 0.822.